The first-order chi connectivity index (χ1) is 34.7. The molecule has 0 saturated heterocycles. The van der Waals surface area contributed by atoms with Crippen molar-refractivity contribution in [1.29, 1.82) is 0 Å². The van der Waals surface area contributed by atoms with E-state index in [1.165, 1.54) is 105 Å². The van der Waals surface area contributed by atoms with E-state index >= 15 is 0 Å². The van der Waals surface area contributed by atoms with E-state index in [4.69, 9.17) is 0 Å². The van der Waals surface area contributed by atoms with Gasteiger partial charge in [-0.3, -0.25) is 0 Å². The summed E-state index contributed by atoms with van der Waals surface area (Å²) in [6, 6.07) is 99.0. The Balaban J connectivity index is 0.853. The minimum atomic E-state index is 1.09. The van der Waals surface area contributed by atoms with Crippen LogP contribution in [0, 0.1) is 0 Å². The lowest BCUT2D eigenvalue weighted by molar-refractivity contribution is 1.26. The van der Waals surface area contributed by atoms with Gasteiger partial charge < -0.3 is 9.30 Å². The summed E-state index contributed by atoms with van der Waals surface area (Å²) in [5, 5.41) is 6.38. The highest BCUT2D eigenvalue weighted by Gasteiger charge is 2.21. The lowest BCUT2D eigenvalue weighted by atomic mass is 9.94. The van der Waals surface area contributed by atoms with Crippen molar-refractivity contribution < 1.29 is 0 Å². The molecule has 13 rings (SSSR count). The first-order valence-electron chi connectivity index (χ1n) is 24.1. The number of pyridine rings is 1. The van der Waals surface area contributed by atoms with E-state index in [2.05, 4.69) is 288 Å². The molecule has 328 valence electrons. The molecular formula is C68H46N2. The fourth-order valence-electron chi connectivity index (χ4n) is 10.6. The lowest BCUT2D eigenvalue weighted by Crippen LogP contribution is -2.09. The van der Waals surface area contributed by atoms with Crippen LogP contribution in [0.2, 0.25) is 0 Å². The van der Waals surface area contributed by atoms with Gasteiger partial charge in [0.1, 0.15) is 0 Å². The quantitative estimate of drug-likeness (QED) is 0.131. The highest BCUT2D eigenvalue weighted by molar-refractivity contribution is 6.30. The Bertz CT molecular complexity index is 3990. The fourth-order valence-corrected chi connectivity index (χ4v) is 10.6. The van der Waals surface area contributed by atoms with Crippen molar-refractivity contribution in [2.75, 3.05) is 4.90 Å². The summed E-state index contributed by atoms with van der Waals surface area (Å²) in [5.41, 5.74) is 20.1. The maximum atomic E-state index is 2.44. The number of rotatable bonds is 9. The molecule has 0 atom stereocenters. The monoisotopic (exact) mass is 890 g/mol. The summed E-state index contributed by atoms with van der Waals surface area (Å²) in [5.74, 6) is 0. The van der Waals surface area contributed by atoms with Crippen molar-refractivity contribution in [2.45, 2.75) is 0 Å². The summed E-state index contributed by atoms with van der Waals surface area (Å²) >= 11 is 0. The Labute approximate surface area is 408 Å². The third-order valence-electron chi connectivity index (χ3n) is 14.0. The summed E-state index contributed by atoms with van der Waals surface area (Å²) in [6.07, 6.45) is 2.34. The van der Waals surface area contributed by atoms with Gasteiger partial charge in [-0.1, -0.05) is 231 Å². The predicted molar refractivity (Wildman–Crippen MR) is 297 cm³/mol. The zero-order valence-electron chi connectivity index (χ0n) is 38.5. The first kappa shape index (κ1) is 41.0. The number of fused-ring (bicyclic) bond motifs is 8. The maximum absolute atomic E-state index is 2.44. The predicted octanol–water partition coefficient (Wildman–Crippen LogP) is 18.9. The van der Waals surface area contributed by atoms with Gasteiger partial charge in [-0.15, -0.1) is 0 Å². The molecule has 0 unspecified atom stereocenters. The van der Waals surface area contributed by atoms with E-state index < -0.39 is 0 Å². The number of nitrogens with zero attached hydrogens (tertiary/aromatic N) is 2. The van der Waals surface area contributed by atoms with E-state index in [1.54, 1.807) is 0 Å². The summed E-state index contributed by atoms with van der Waals surface area (Å²) in [7, 11) is 0. The number of anilines is 3. The maximum Gasteiger partial charge on any atom is 0.0620 e. The van der Waals surface area contributed by atoms with Gasteiger partial charge in [0.15, 0.2) is 0 Å². The van der Waals surface area contributed by atoms with Crippen molar-refractivity contribution in [2.24, 2.45) is 0 Å². The van der Waals surface area contributed by atoms with Crippen LogP contribution in [0.5, 0.6) is 0 Å². The smallest absolute Gasteiger partial charge is 0.0620 e. The van der Waals surface area contributed by atoms with Gasteiger partial charge in [0.25, 0.3) is 0 Å². The van der Waals surface area contributed by atoms with Crippen molar-refractivity contribution in [3.63, 3.8) is 0 Å². The van der Waals surface area contributed by atoms with Crippen molar-refractivity contribution in [3.05, 3.63) is 279 Å². The lowest BCUT2D eigenvalue weighted by Gasteiger charge is -2.26. The molecule has 2 nitrogen and oxygen atoms in total. The van der Waals surface area contributed by atoms with Crippen LogP contribution in [0.25, 0.3) is 105 Å². The van der Waals surface area contributed by atoms with Crippen LogP contribution < -0.4 is 4.90 Å². The Hall–Kier alpha value is -9.24. The molecule has 70 heavy (non-hydrogen) atoms. The Morgan fingerprint density at radius 2 is 0.586 bits per heavy atom. The molecule has 0 radical (unpaired) electrons. The fraction of sp³-hybridized carbons (Fsp3) is 0. The third kappa shape index (κ3) is 7.22. The first-order valence-corrected chi connectivity index (χ1v) is 24.1. The van der Waals surface area contributed by atoms with Crippen molar-refractivity contribution in [3.8, 4) is 66.8 Å². The van der Waals surface area contributed by atoms with E-state index in [9.17, 15) is 0 Å². The van der Waals surface area contributed by atoms with Crippen LogP contribution in [0.1, 0.15) is 0 Å². The van der Waals surface area contributed by atoms with Crippen LogP contribution in [-0.2, 0) is 0 Å². The minimum Gasteiger partial charge on any atom is -0.315 e. The second-order valence-corrected chi connectivity index (χ2v) is 18.1. The number of benzene rings is 11. The van der Waals surface area contributed by atoms with E-state index in [-0.39, 0.29) is 0 Å². The van der Waals surface area contributed by atoms with Crippen molar-refractivity contribution >= 4 is 55.0 Å². The van der Waals surface area contributed by atoms with Crippen LogP contribution >= 0.6 is 0 Å². The topological polar surface area (TPSA) is 7.65 Å². The minimum absolute atomic E-state index is 1.09. The zero-order valence-corrected chi connectivity index (χ0v) is 38.5. The molecule has 11 aromatic carbocycles. The molecule has 0 bridgehead atoms. The number of hydrogen-bond donors (Lipinski definition) is 0. The Kier molecular flexibility index (Phi) is 10.2. The SMILES string of the molecule is c1ccc(-c2ccc(N(c3ccc(-c4ccc(-c5ccc6c(-c7ccccc7)c7c8ccccc8c8ccccc8c7n6c5)cc4)cc3)c3ccc(-c4ccccc4-c4ccccc4)cc3)cc2)cc1. The molecule has 2 heteroatoms. The Morgan fingerprint density at radius 3 is 1.11 bits per heavy atom. The average molecular weight is 891 g/mol. The number of hydrogen-bond acceptors (Lipinski definition) is 1. The normalized spacial score (nSPS) is 11.4. The van der Waals surface area contributed by atoms with Crippen molar-refractivity contribution in [1.82, 2.24) is 4.40 Å². The van der Waals surface area contributed by atoms with Gasteiger partial charge in [-0.2, -0.15) is 0 Å². The van der Waals surface area contributed by atoms with Crippen LogP contribution in [0.3, 0.4) is 0 Å². The Morgan fingerprint density at radius 1 is 0.243 bits per heavy atom. The summed E-state index contributed by atoms with van der Waals surface area (Å²) in [6.45, 7) is 0. The van der Waals surface area contributed by atoms with Gasteiger partial charge in [-0.25, -0.2) is 0 Å². The van der Waals surface area contributed by atoms with Gasteiger partial charge in [0.05, 0.1) is 11.0 Å². The van der Waals surface area contributed by atoms with Crippen LogP contribution in [0.4, 0.5) is 17.1 Å². The van der Waals surface area contributed by atoms with Gasteiger partial charge >= 0.3 is 0 Å². The molecule has 0 aliphatic rings. The van der Waals surface area contributed by atoms with E-state index in [0.29, 0.717) is 0 Å². The highest BCUT2D eigenvalue weighted by Crippen LogP contribution is 2.45. The van der Waals surface area contributed by atoms with Gasteiger partial charge in [-0.05, 0) is 120 Å². The molecule has 0 saturated carbocycles. The second kappa shape index (κ2) is 17.4. The molecule has 0 N–H and O–H groups in total. The summed E-state index contributed by atoms with van der Waals surface area (Å²) in [4.78, 5) is 2.35. The molecule has 2 heterocycles. The standard InChI is InChI=1S/C68H46N2/c1-4-16-47(17-5-1)49-32-39-56(40-33-49)70(58-43-36-53(37-44-58)60-23-11-10-22-59(60)52-18-6-2-7-19-52)57-41-34-50(35-42-57)48-28-30-51(31-29-48)55-38-45-65-66(54-20-8-3-9-21-54)67-63-26-14-12-24-61(63)62-25-13-15-27-64(62)68(67)69(65)46-55/h1-46H. The second-order valence-electron chi connectivity index (χ2n) is 18.1. The molecule has 13 aromatic rings. The molecule has 0 amide bonds. The molecule has 0 fully saturated rings. The van der Waals surface area contributed by atoms with Crippen LogP contribution in [0.15, 0.2) is 279 Å². The van der Waals surface area contributed by atoms with E-state index in [1.807, 2.05) is 0 Å². The highest BCUT2D eigenvalue weighted by atomic mass is 15.1. The van der Waals surface area contributed by atoms with Gasteiger partial charge in [0, 0.05) is 39.6 Å². The molecule has 0 aliphatic heterocycles. The molecular weight excluding hydrogens is 845 g/mol. The van der Waals surface area contributed by atoms with E-state index in [0.717, 1.165) is 17.1 Å². The average Bonchev–Trinajstić information content (AvgIpc) is 3.80. The third-order valence-corrected chi connectivity index (χ3v) is 14.0. The van der Waals surface area contributed by atoms with Crippen LogP contribution in [-0.4, -0.2) is 4.40 Å². The summed E-state index contributed by atoms with van der Waals surface area (Å²) < 4.78 is 2.44. The zero-order chi connectivity index (χ0) is 46.4. The molecule has 0 spiro atoms. The van der Waals surface area contributed by atoms with Gasteiger partial charge in [0.2, 0.25) is 0 Å². The molecule has 0 aliphatic carbocycles. The largest absolute Gasteiger partial charge is 0.315 e. The molecule has 2 aromatic heterocycles. The number of aromatic nitrogens is 1.